The van der Waals surface area contributed by atoms with Crippen molar-refractivity contribution in [1.29, 1.82) is 0 Å². The van der Waals surface area contributed by atoms with Crippen molar-refractivity contribution in [3.8, 4) is 0 Å². The van der Waals surface area contributed by atoms with Gasteiger partial charge < -0.3 is 20.0 Å². The number of carbonyl (C=O) groups is 2. The number of hydrogen-bond acceptors (Lipinski definition) is 4. The van der Waals surface area contributed by atoms with Crippen molar-refractivity contribution in [1.82, 2.24) is 15.1 Å². The maximum Gasteiger partial charge on any atom is 0.254 e. The molecule has 1 N–H and O–H groups in total. The number of anilines is 1. The third kappa shape index (κ3) is 3.38. The zero-order valence-electron chi connectivity index (χ0n) is 14.5. The average Bonchev–Trinajstić information content (AvgIpc) is 3.15. The third-order valence-corrected chi connectivity index (χ3v) is 4.96. The van der Waals surface area contributed by atoms with Crippen LogP contribution in [0.15, 0.2) is 24.3 Å². The Kier molecular flexibility index (Phi) is 5.04. The summed E-state index contributed by atoms with van der Waals surface area (Å²) >= 11 is 0. The lowest BCUT2D eigenvalue weighted by Crippen LogP contribution is -2.59. The zero-order valence-corrected chi connectivity index (χ0v) is 14.5. The fraction of sp³-hybridized carbons (Fsp3) is 0.556. The smallest absolute Gasteiger partial charge is 0.254 e. The molecule has 0 bridgehead atoms. The third-order valence-electron chi connectivity index (χ3n) is 4.96. The summed E-state index contributed by atoms with van der Waals surface area (Å²) in [4.78, 5) is 31.3. The molecule has 2 aliphatic rings. The quantitative estimate of drug-likeness (QED) is 0.890. The van der Waals surface area contributed by atoms with Crippen molar-refractivity contribution in [2.45, 2.75) is 18.9 Å². The van der Waals surface area contributed by atoms with Crippen molar-refractivity contribution in [3.63, 3.8) is 0 Å². The van der Waals surface area contributed by atoms with Gasteiger partial charge in [-0.05, 0) is 38.1 Å². The number of likely N-dealkylation sites (N-methyl/N-ethyl adjacent to an activating group) is 2. The van der Waals surface area contributed by atoms with Gasteiger partial charge in [0.15, 0.2) is 0 Å². The number of amides is 2. The number of rotatable bonds is 3. The molecule has 1 aromatic rings. The van der Waals surface area contributed by atoms with Crippen molar-refractivity contribution < 1.29 is 9.59 Å². The summed E-state index contributed by atoms with van der Waals surface area (Å²) in [6.07, 6.45) is 2.41. The lowest BCUT2D eigenvalue weighted by atomic mass is 10.1. The van der Waals surface area contributed by atoms with E-state index in [0.29, 0.717) is 18.7 Å². The van der Waals surface area contributed by atoms with E-state index in [1.807, 2.05) is 25.2 Å². The first kappa shape index (κ1) is 16.8. The Morgan fingerprint density at radius 3 is 2.58 bits per heavy atom. The lowest BCUT2D eigenvalue weighted by molar-refractivity contribution is -0.126. The van der Waals surface area contributed by atoms with Crippen LogP contribution in [-0.2, 0) is 4.79 Å². The van der Waals surface area contributed by atoms with E-state index >= 15 is 0 Å². The maximum absolute atomic E-state index is 13.0. The monoisotopic (exact) mass is 330 g/mol. The van der Waals surface area contributed by atoms with E-state index < -0.39 is 6.04 Å². The van der Waals surface area contributed by atoms with Crippen LogP contribution in [0, 0.1) is 0 Å². The van der Waals surface area contributed by atoms with Crippen LogP contribution in [0.3, 0.4) is 0 Å². The highest BCUT2D eigenvalue weighted by Gasteiger charge is 2.34. The Balaban J connectivity index is 1.81. The normalized spacial score (nSPS) is 21.8. The summed E-state index contributed by atoms with van der Waals surface area (Å²) in [6.45, 7) is 4.02. The van der Waals surface area contributed by atoms with Gasteiger partial charge in [0.1, 0.15) is 6.04 Å². The molecule has 24 heavy (non-hydrogen) atoms. The summed E-state index contributed by atoms with van der Waals surface area (Å²) in [5.41, 5.74) is 1.77. The second-order valence-electron chi connectivity index (χ2n) is 6.64. The van der Waals surface area contributed by atoms with Crippen molar-refractivity contribution in [3.05, 3.63) is 29.8 Å². The van der Waals surface area contributed by atoms with E-state index in [1.54, 1.807) is 11.9 Å². The molecule has 0 saturated carbocycles. The van der Waals surface area contributed by atoms with Crippen LogP contribution in [0.5, 0.6) is 0 Å². The lowest BCUT2D eigenvalue weighted by Gasteiger charge is -2.39. The number of piperazine rings is 1. The molecule has 6 nitrogen and oxygen atoms in total. The highest BCUT2D eigenvalue weighted by Crippen LogP contribution is 2.23. The topological polar surface area (TPSA) is 55.9 Å². The van der Waals surface area contributed by atoms with Gasteiger partial charge in [0, 0.05) is 51.0 Å². The fourth-order valence-corrected chi connectivity index (χ4v) is 3.53. The van der Waals surface area contributed by atoms with Crippen LogP contribution in [0.25, 0.3) is 0 Å². The van der Waals surface area contributed by atoms with Gasteiger partial charge in [0.05, 0.1) is 0 Å². The molecule has 2 heterocycles. The molecule has 6 heteroatoms. The highest BCUT2D eigenvalue weighted by atomic mass is 16.2. The SMILES string of the molecule is CNC(=O)C1CN(C)CCN1C(=O)c1cccc(N2CCCC2)c1. The van der Waals surface area contributed by atoms with Crippen molar-refractivity contribution >= 4 is 17.5 Å². The number of carbonyl (C=O) groups excluding carboxylic acids is 2. The van der Waals surface area contributed by atoms with E-state index in [4.69, 9.17) is 0 Å². The van der Waals surface area contributed by atoms with Gasteiger partial charge in [0.25, 0.3) is 5.91 Å². The van der Waals surface area contributed by atoms with Crippen LogP contribution in [0.1, 0.15) is 23.2 Å². The van der Waals surface area contributed by atoms with Crippen LogP contribution >= 0.6 is 0 Å². The van der Waals surface area contributed by atoms with Crippen LogP contribution in [0.2, 0.25) is 0 Å². The average molecular weight is 330 g/mol. The molecule has 2 fully saturated rings. The molecule has 1 aromatic carbocycles. The molecule has 2 saturated heterocycles. The van der Waals surface area contributed by atoms with Crippen molar-refractivity contribution in [2.75, 3.05) is 51.7 Å². The minimum Gasteiger partial charge on any atom is -0.372 e. The van der Waals surface area contributed by atoms with E-state index in [-0.39, 0.29) is 11.8 Å². The van der Waals surface area contributed by atoms with Crippen LogP contribution in [0.4, 0.5) is 5.69 Å². The molecule has 3 rings (SSSR count). The standard InChI is InChI=1S/C18H26N4O2/c1-19-17(23)16-13-20(2)10-11-22(16)18(24)14-6-5-7-15(12-14)21-8-3-4-9-21/h5-7,12,16H,3-4,8-11,13H2,1-2H3,(H,19,23). The summed E-state index contributed by atoms with van der Waals surface area (Å²) < 4.78 is 0. The Labute approximate surface area is 143 Å². The van der Waals surface area contributed by atoms with Gasteiger partial charge in [0.2, 0.25) is 5.91 Å². The van der Waals surface area contributed by atoms with E-state index in [2.05, 4.69) is 21.2 Å². The van der Waals surface area contributed by atoms with E-state index in [0.717, 1.165) is 25.3 Å². The Morgan fingerprint density at radius 1 is 1.12 bits per heavy atom. The summed E-state index contributed by atoms with van der Waals surface area (Å²) in [6, 6.07) is 7.37. The molecule has 2 amide bonds. The Bertz CT molecular complexity index is 613. The summed E-state index contributed by atoms with van der Waals surface area (Å²) in [5.74, 6) is -0.164. The first-order valence-corrected chi connectivity index (χ1v) is 8.66. The van der Waals surface area contributed by atoms with Gasteiger partial charge in [-0.2, -0.15) is 0 Å². The zero-order chi connectivity index (χ0) is 17.1. The first-order chi connectivity index (χ1) is 11.6. The molecule has 0 aliphatic carbocycles. The largest absolute Gasteiger partial charge is 0.372 e. The molecular formula is C18H26N4O2. The van der Waals surface area contributed by atoms with Crippen molar-refractivity contribution in [2.24, 2.45) is 0 Å². The second kappa shape index (κ2) is 7.21. The molecule has 0 aromatic heterocycles. The second-order valence-corrected chi connectivity index (χ2v) is 6.64. The molecule has 2 aliphatic heterocycles. The van der Waals surface area contributed by atoms with Crippen LogP contribution < -0.4 is 10.2 Å². The number of hydrogen-bond donors (Lipinski definition) is 1. The molecule has 0 radical (unpaired) electrons. The van der Waals surface area contributed by atoms with Gasteiger partial charge in [-0.15, -0.1) is 0 Å². The summed E-state index contributed by atoms with van der Waals surface area (Å²) in [7, 11) is 3.60. The predicted molar refractivity (Wildman–Crippen MR) is 94.3 cm³/mol. The Morgan fingerprint density at radius 2 is 1.88 bits per heavy atom. The molecule has 1 unspecified atom stereocenters. The number of nitrogens with one attached hydrogen (secondary N) is 1. The highest BCUT2D eigenvalue weighted by molar-refractivity contribution is 5.98. The minimum atomic E-state index is -0.434. The number of benzene rings is 1. The van der Waals surface area contributed by atoms with E-state index in [1.165, 1.54) is 12.8 Å². The predicted octanol–water partition coefficient (Wildman–Crippen LogP) is 0.789. The minimum absolute atomic E-state index is 0.0576. The van der Waals surface area contributed by atoms with Gasteiger partial charge in [-0.25, -0.2) is 0 Å². The van der Waals surface area contributed by atoms with Crippen LogP contribution in [-0.4, -0.2) is 74.5 Å². The van der Waals surface area contributed by atoms with Gasteiger partial charge in [-0.3, -0.25) is 9.59 Å². The van der Waals surface area contributed by atoms with Gasteiger partial charge >= 0.3 is 0 Å². The molecular weight excluding hydrogens is 304 g/mol. The number of nitrogens with zero attached hydrogens (tertiary/aromatic N) is 3. The first-order valence-electron chi connectivity index (χ1n) is 8.66. The molecule has 1 atom stereocenters. The maximum atomic E-state index is 13.0. The Hall–Kier alpha value is -2.08. The van der Waals surface area contributed by atoms with Gasteiger partial charge in [-0.1, -0.05) is 6.07 Å². The molecule has 130 valence electrons. The summed E-state index contributed by atoms with van der Waals surface area (Å²) in [5, 5.41) is 2.68. The molecule has 0 spiro atoms. The fourth-order valence-electron chi connectivity index (χ4n) is 3.53. The van der Waals surface area contributed by atoms with E-state index in [9.17, 15) is 9.59 Å².